The molecular formula is C27H21ClN2O4S. The van der Waals surface area contributed by atoms with E-state index >= 15 is 0 Å². The van der Waals surface area contributed by atoms with Gasteiger partial charge in [-0.05, 0) is 43.7 Å². The molecule has 35 heavy (non-hydrogen) atoms. The Morgan fingerprint density at radius 3 is 2.71 bits per heavy atom. The van der Waals surface area contributed by atoms with E-state index in [1.165, 1.54) is 11.3 Å². The summed E-state index contributed by atoms with van der Waals surface area (Å²) >= 11 is 7.36. The van der Waals surface area contributed by atoms with Crippen molar-refractivity contribution in [2.75, 3.05) is 6.61 Å². The quantitative estimate of drug-likeness (QED) is 0.369. The van der Waals surface area contributed by atoms with Gasteiger partial charge in [0.15, 0.2) is 4.80 Å². The first-order valence-corrected chi connectivity index (χ1v) is 12.3. The maximum Gasteiger partial charge on any atom is 0.338 e. The molecule has 4 aromatic rings. The van der Waals surface area contributed by atoms with E-state index in [4.69, 9.17) is 20.8 Å². The molecule has 0 bridgehead atoms. The highest BCUT2D eigenvalue weighted by Crippen LogP contribution is 2.30. The molecule has 0 unspecified atom stereocenters. The number of halogens is 1. The Balaban J connectivity index is 1.63. The molecule has 2 aromatic heterocycles. The van der Waals surface area contributed by atoms with Crippen molar-refractivity contribution in [2.45, 2.75) is 19.9 Å². The van der Waals surface area contributed by atoms with Crippen LogP contribution in [0.1, 0.15) is 31.2 Å². The summed E-state index contributed by atoms with van der Waals surface area (Å²) in [4.78, 5) is 31.6. The van der Waals surface area contributed by atoms with E-state index in [2.05, 4.69) is 4.99 Å². The molecule has 0 amide bonds. The van der Waals surface area contributed by atoms with E-state index in [0.29, 0.717) is 37.1 Å². The Labute approximate surface area is 210 Å². The van der Waals surface area contributed by atoms with Crippen LogP contribution in [0.3, 0.4) is 0 Å². The zero-order valence-corrected chi connectivity index (χ0v) is 20.6. The maximum absolute atomic E-state index is 13.6. The van der Waals surface area contributed by atoms with E-state index in [0.717, 1.165) is 11.1 Å². The van der Waals surface area contributed by atoms with Gasteiger partial charge in [-0.25, -0.2) is 9.79 Å². The fourth-order valence-corrected chi connectivity index (χ4v) is 5.32. The Kier molecular flexibility index (Phi) is 6.28. The number of nitrogens with zero attached hydrogens (tertiary/aromatic N) is 2. The van der Waals surface area contributed by atoms with E-state index in [9.17, 15) is 9.59 Å². The largest absolute Gasteiger partial charge is 0.463 e. The molecule has 8 heteroatoms. The zero-order valence-electron chi connectivity index (χ0n) is 19.0. The molecule has 1 aliphatic heterocycles. The number of benzene rings is 2. The number of allylic oxidation sites excluding steroid dienone is 1. The lowest BCUT2D eigenvalue weighted by atomic mass is 9.96. The second kappa shape index (κ2) is 9.52. The minimum atomic E-state index is -0.632. The Bertz CT molecular complexity index is 1630. The van der Waals surface area contributed by atoms with Gasteiger partial charge in [-0.15, -0.1) is 0 Å². The highest BCUT2D eigenvalue weighted by molar-refractivity contribution is 7.07. The van der Waals surface area contributed by atoms with Crippen molar-refractivity contribution >= 4 is 35.0 Å². The number of hydrogen-bond acceptors (Lipinski definition) is 6. The van der Waals surface area contributed by atoms with Crippen LogP contribution in [0.15, 0.2) is 92.2 Å². The molecule has 6 nitrogen and oxygen atoms in total. The minimum Gasteiger partial charge on any atom is -0.463 e. The Morgan fingerprint density at radius 2 is 1.97 bits per heavy atom. The number of fused-ring (bicyclic) bond motifs is 1. The lowest BCUT2D eigenvalue weighted by molar-refractivity contribution is -0.139. The Morgan fingerprint density at radius 1 is 1.17 bits per heavy atom. The van der Waals surface area contributed by atoms with Gasteiger partial charge in [0.25, 0.3) is 5.56 Å². The van der Waals surface area contributed by atoms with Gasteiger partial charge in [-0.2, -0.15) is 0 Å². The second-order valence-electron chi connectivity index (χ2n) is 7.93. The third-order valence-electron chi connectivity index (χ3n) is 5.64. The molecule has 0 aliphatic carbocycles. The van der Waals surface area contributed by atoms with Gasteiger partial charge in [0.1, 0.15) is 11.5 Å². The molecule has 176 valence electrons. The molecular weight excluding hydrogens is 484 g/mol. The number of carbonyl (C=O) groups is 1. The normalized spacial score (nSPS) is 15.6. The van der Waals surface area contributed by atoms with Crippen LogP contribution in [-0.2, 0) is 9.53 Å². The van der Waals surface area contributed by atoms with Crippen LogP contribution in [0.5, 0.6) is 0 Å². The third-order valence-corrected chi connectivity index (χ3v) is 6.86. The van der Waals surface area contributed by atoms with Gasteiger partial charge < -0.3 is 9.15 Å². The lowest BCUT2D eigenvalue weighted by Gasteiger charge is -2.24. The first kappa shape index (κ1) is 23.1. The second-order valence-corrected chi connectivity index (χ2v) is 9.37. The van der Waals surface area contributed by atoms with Crippen LogP contribution in [0.2, 0.25) is 5.02 Å². The molecule has 0 N–H and O–H groups in total. The number of esters is 1. The van der Waals surface area contributed by atoms with Crippen LogP contribution in [0.25, 0.3) is 17.4 Å². The average molecular weight is 505 g/mol. The number of furan rings is 1. The van der Waals surface area contributed by atoms with Crippen LogP contribution in [-0.4, -0.2) is 17.1 Å². The van der Waals surface area contributed by atoms with Crippen molar-refractivity contribution in [3.8, 4) is 11.3 Å². The number of aromatic nitrogens is 1. The lowest BCUT2D eigenvalue weighted by Crippen LogP contribution is -2.39. The zero-order chi connectivity index (χ0) is 24.5. The van der Waals surface area contributed by atoms with Crippen molar-refractivity contribution in [3.63, 3.8) is 0 Å². The number of thiazole rings is 1. The van der Waals surface area contributed by atoms with Crippen molar-refractivity contribution in [3.05, 3.63) is 114 Å². The van der Waals surface area contributed by atoms with Crippen molar-refractivity contribution < 1.29 is 13.9 Å². The highest BCUT2D eigenvalue weighted by Gasteiger charge is 2.33. The standard InChI is InChI=1S/C27H21ClN2O4S/c1-3-33-26(32)23-16(2)29-27-30(24(23)17-8-5-4-6-9-17)25(31)22(35-27)15-20-12-13-21(34-20)18-10-7-11-19(28)14-18/h4-15,24H,3H2,1-2H3/b22-15+/t24-/m1/s1. The van der Waals surface area contributed by atoms with Crippen LogP contribution < -0.4 is 14.9 Å². The molecule has 0 spiro atoms. The van der Waals surface area contributed by atoms with Crippen LogP contribution >= 0.6 is 22.9 Å². The average Bonchev–Trinajstić information content (AvgIpc) is 3.43. The Hall–Kier alpha value is -3.68. The van der Waals surface area contributed by atoms with E-state index in [1.807, 2.05) is 54.6 Å². The summed E-state index contributed by atoms with van der Waals surface area (Å²) in [5.41, 5.74) is 2.29. The SMILES string of the molecule is CCOC(=O)C1=C(C)N=c2s/c(=C/c3ccc(-c4cccc(Cl)c4)o3)c(=O)n2[C@@H]1c1ccccc1. The topological polar surface area (TPSA) is 73.8 Å². The molecule has 0 saturated carbocycles. The van der Waals surface area contributed by atoms with Gasteiger partial charge in [-0.3, -0.25) is 9.36 Å². The summed E-state index contributed by atoms with van der Waals surface area (Å²) in [7, 11) is 0. The molecule has 0 saturated heterocycles. The fourth-order valence-electron chi connectivity index (χ4n) is 4.10. The van der Waals surface area contributed by atoms with Gasteiger partial charge in [0.05, 0.1) is 28.5 Å². The van der Waals surface area contributed by atoms with Gasteiger partial charge >= 0.3 is 5.97 Å². The van der Waals surface area contributed by atoms with Gasteiger partial charge in [0, 0.05) is 16.7 Å². The monoisotopic (exact) mass is 504 g/mol. The summed E-state index contributed by atoms with van der Waals surface area (Å²) in [6.45, 7) is 3.75. The predicted octanol–water partition coefficient (Wildman–Crippen LogP) is 4.71. The molecule has 0 fully saturated rings. The molecule has 0 radical (unpaired) electrons. The molecule has 1 atom stereocenters. The summed E-state index contributed by atoms with van der Waals surface area (Å²) in [6, 6.07) is 19.8. The van der Waals surface area contributed by atoms with E-state index in [1.54, 1.807) is 36.6 Å². The van der Waals surface area contributed by atoms with E-state index < -0.39 is 12.0 Å². The summed E-state index contributed by atoms with van der Waals surface area (Å²) in [6.07, 6.45) is 1.70. The summed E-state index contributed by atoms with van der Waals surface area (Å²) < 4.78 is 13.3. The van der Waals surface area contributed by atoms with Crippen molar-refractivity contribution in [2.24, 2.45) is 4.99 Å². The molecule has 1 aliphatic rings. The minimum absolute atomic E-state index is 0.231. The third kappa shape index (κ3) is 4.40. The van der Waals surface area contributed by atoms with Crippen molar-refractivity contribution in [1.29, 1.82) is 0 Å². The first-order chi connectivity index (χ1) is 17.0. The van der Waals surface area contributed by atoms with Gasteiger partial charge in [0.2, 0.25) is 0 Å². The van der Waals surface area contributed by atoms with Gasteiger partial charge in [-0.1, -0.05) is 65.4 Å². The molecule has 5 rings (SSSR count). The number of rotatable bonds is 5. The van der Waals surface area contributed by atoms with E-state index in [-0.39, 0.29) is 12.2 Å². The smallest absolute Gasteiger partial charge is 0.338 e. The number of ether oxygens (including phenoxy) is 1. The van der Waals surface area contributed by atoms with Crippen LogP contribution in [0, 0.1) is 0 Å². The summed E-state index contributed by atoms with van der Waals surface area (Å²) in [5, 5.41) is 0.613. The highest BCUT2D eigenvalue weighted by atomic mass is 35.5. The van der Waals surface area contributed by atoms with Crippen molar-refractivity contribution in [1.82, 2.24) is 4.57 Å². The predicted molar refractivity (Wildman–Crippen MR) is 136 cm³/mol. The summed E-state index contributed by atoms with van der Waals surface area (Å²) in [5.74, 6) is 0.700. The maximum atomic E-state index is 13.6. The number of hydrogen-bond donors (Lipinski definition) is 0. The molecule has 2 aromatic carbocycles. The van der Waals surface area contributed by atoms with Crippen LogP contribution in [0.4, 0.5) is 0 Å². The fraction of sp³-hybridized carbons (Fsp3) is 0.148. The first-order valence-electron chi connectivity index (χ1n) is 11.1. The molecule has 3 heterocycles. The number of carbonyl (C=O) groups excluding carboxylic acids is 1.